The molecule has 0 aromatic heterocycles. The van der Waals surface area contributed by atoms with Crippen molar-refractivity contribution >= 4 is 0 Å². The summed E-state index contributed by atoms with van der Waals surface area (Å²) in [6, 6.07) is 0. The summed E-state index contributed by atoms with van der Waals surface area (Å²) < 4.78 is 5.64. The van der Waals surface area contributed by atoms with E-state index >= 15 is 0 Å². The Bertz CT molecular complexity index is 612. The highest BCUT2D eigenvalue weighted by Gasteiger charge is 2.50. The second-order valence-electron chi connectivity index (χ2n) is 10.4. The number of allylic oxidation sites excluding steroid dienone is 3. The van der Waals surface area contributed by atoms with Gasteiger partial charge in [0.05, 0.1) is 6.10 Å². The molecular weight excluding hydrogens is 356 g/mol. The molecule has 1 N–H and O–H groups in total. The number of hydrogen-bond acceptors (Lipinski definition) is 2. The molecule has 0 radical (unpaired) electrons. The van der Waals surface area contributed by atoms with Crippen molar-refractivity contribution in [3.8, 4) is 0 Å². The van der Waals surface area contributed by atoms with Crippen molar-refractivity contribution in [2.24, 2.45) is 29.1 Å². The summed E-state index contributed by atoms with van der Waals surface area (Å²) >= 11 is 0. The molecular formula is C27H44O2. The molecule has 3 aliphatic rings. The first-order valence-corrected chi connectivity index (χ1v) is 12.1. The fourth-order valence-electron chi connectivity index (χ4n) is 6.88. The van der Waals surface area contributed by atoms with Crippen LogP contribution >= 0.6 is 0 Å². The predicted octanol–water partition coefficient (Wildman–Crippen LogP) is 6.86. The highest BCUT2D eigenvalue weighted by molar-refractivity contribution is 5.29. The Morgan fingerprint density at radius 1 is 1.28 bits per heavy atom. The van der Waals surface area contributed by atoms with Crippen LogP contribution in [0.5, 0.6) is 0 Å². The number of fused-ring (bicyclic) bond motifs is 1. The minimum Gasteiger partial charge on any atom is -0.396 e. The molecule has 0 aromatic carbocycles. The number of aliphatic hydroxyl groups is 1. The van der Waals surface area contributed by atoms with E-state index in [1.54, 1.807) is 12.7 Å². The molecule has 0 aliphatic heterocycles. The molecule has 3 fully saturated rings. The molecule has 2 heteroatoms. The van der Waals surface area contributed by atoms with Crippen molar-refractivity contribution < 1.29 is 9.84 Å². The monoisotopic (exact) mass is 400 g/mol. The third-order valence-corrected chi connectivity index (χ3v) is 8.67. The maximum Gasteiger partial charge on any atom is 0.0819 e. The van der Waals surface area contributed by atoms with E-state index < -0.39 is 0 Å². The first kappa shape index (κ1) is 22.8. The Balaban J connectivity index is 1.75. The summed E-state index contributed by atoms with van der Waals surface area (Å²) in [5.41, 5.74) is 4.66. The number of rotatable bonds is 7. The molecule has 0 heterocycles. The van der Waals surface area contributed by atoms with Gasteiger partial charge in [-0.3, -0.25) is 0 Å². The zero-order valence-electron chi connectivity index (χ0n) is 19.4. The highest BCUT2D eigenvalue weighted by atomic mass is 16.5. The molecule has 29 heavy (non-hydrogen) atoms. The normalized spacial score (nSPS) is 39.1. The van der Waals surface area contributed by atoms with E-state index in [9.17, 15) is 5.11 Å². The first-order valence-electron chi connectivity index (χ1n) is 12.1. The summed E-state index contributed by atoms with van der Waals surface area (Å²) in [6.45, 7) is 11.8. The summed E-state index contributed by atoms with van der Waals surface area (Å²) in [5.74, 6) is 2.67. The van der Waals surface area contributed by atoms with Gasteiger partial charge >= 0.3 is 0 Å². The largest absolute Gasteiger partial charge is 0.396 e. The Kier molecular flexibility index (Phi) is 7.84. The van der Waals surface area contributed by atoms with Crippen LogP contribution in [0.2, 0.25) is 0 Å². The molecule has 2 nitrogen and oxygen atoms in total. The average Bonchev–Trinajstić information content (AvgIpc) is 3.08. The van der Waals surface area contributed by atoms with Crippen molar-refractivity contribution in [1.82, 2.24) is 0 Å². The third-order valence-electron chi connectivity index (χ3n) is 8.67. The van der Waals surface area contributed by atoms with E-state index in [1.165, 1.54) is 56.9 Å². The number of aliphatic hydroxyl groups excluding tert-OH is 1. The maximum absolute atomic E-state index is 9.75. The fourth-order valence-corrected chi connectivity index (χ4v) is 6.88. The smallest absolute Gasteiger partial charge is 0.0819 e. The van der Waals surface area contributed by atoms with Crippen LogP contribution in [0, 0.1) is 29.1 Å². The van der Waals surface area contributed by atoms with E-state index in [0.717, 1.165) is 36.2 Å². The van der Waals surface area contributed by atoms with Crippen LogP contribution in [0.3, 0.4) is 0 Å². The topological polar surface area (TPSA) is 29.5 Å². The Morgan fingerprint density at radius 3 is 2.76 bits per heavy atom. The lowest BCUT2D eigenvalue weighted by Gasteiger charge is -2.44. The second-order valence-corrected chi connectivity index (χ2v) is 10.4. The first-order chi connectivity index (χ1) is 13.9. The van der Waals surface area contributed by atoms with Crippen LogP contribution in [-0.4, -0.2) is 24.9 Å². The number of methoxy groups -OCH3 is 1. The van der Waals surface area contributed by atoms with Crippen LogP contribution in [0.25, 0.3) is 0 Å². The van der Waals surface area contributed by atoms with Crippen molar-refractivity contribution in [2.75, 3.05) is 13.7 Å². The lowest BCUT2D eigenvalue weighted by Crippen LogP contribution is -2.36. The molecule has 6 atom stereocenters. The maximum atomic E-state index is 9.75. The Morgan fingerprint density at radius 2 is 2.07 bits per heavy atom. The Labute approximate surface area is 179 Å². The number of hydrogen-bond donors (Lipinski definition) is 1. The number of unbranched alkanes of at least 4 members (excludes halogenated alkanes) is 1. The fraction of sp³-hybridized carbons (Fsp3) is 0.778. The van der Waals surface area contributed by atoms with Gasteiger partial charge in [-0.1, -0.05) is 69.9 Å². The molecule has 1 unspecified atom stereocenters. The zero-order chi connectivity index (χ0) is 21.0. The molecule has 0 bridgehead atoms. The van der Waals surface area contributed by atoms with Gasteiger partial charge in [0.1, 0.15) is 0 Å². The highest BCUT2D eigenvalue weighted by Crippen LogP contribution is 2.59. The van der Waals surface area contributed by atoms with Crippen LogP contribution in [0.15, 0.2) is 35.5 Å². The van der Waals surface area contributed by atoms with Gasteiger partial charge in [-0.2, -0.15) is 0 Å². The standard InChI is InChI=1S/C27H44O2/c1-6-7-9-19(2)24-13-14-25-22(10-8-15-27(24,25)4)12-11-21-16-23(18-28)20(3)26(17-21)29-5/h11-12,19,23-26,28H,3,6-10,13-18H2,1-2,4-5H3/b21-11-,22-12+/t19-,23-,24?,25-,26+,27+/m0/s1. The SMILES string of the molecule is C=C1[C@H](CO)C/C(=C/C=C2\CCC[C@]3(C)C([C@@H](C)CCCC)CC[C@@H]23)C[C@H]1OC. The molecule has 3 rings (SSSR count). The van der Waals surface area contributed by atoms with E-state index in [4.69, 9.17) is 4.74 Å². The summed E-state index contributed by atoms with van der Waals surface area (Å²) in [6.07, 6.45) is 17.7. The zero-order valence-corrected chi connectivity index (χ0v) is 19.4. The van der Waals surface area contributed by atoms with Gasteiger partial charge in [-0.15, -0.1) is 0 Å². The lowest BCUT2D eigenvalue weighted by atomic mass is 9.60. The van der Waals surface area contributed by atoms with Gasteiger partial charge in [0, 0.05) is 19.6 Å². The molecule has 0 saturated heterocycles. The molecule has 3 saturated carbocycles. The van der Waals surface area contributed by atoms with Gasteiger partial charge in [0.25, 0.3) is 0 Å². The lowest BCUT2D eigenvalue weighted by molar-refractivity contribution is 0.0933. The summed E-state index contributed by atoms with van der Waals surface area (Å²) in [4.78, 5) is 0. The molecule has 0 amide bonds. The van der Waals surface area contributed by atoms with Gasteiger partial charge in [-0.25, -0.2) is 0 Å². The quantitative estimate of drug-likeness (QED) is 0.473. The van der Waals surface area contributed by atoms with E-state index in [2.05, 4.69) is 39.5 Å². The predicted molar refractivity (Wildman–Crippen MR) is 123 cm³/mol. The van der Waals surface area contributed by atoms with Crippen LogP contribution in [0.4, 0.5) is 0 Å². The minimum absolute atomic E-state index is 0.0532. The van der Waals surface area contributed by atoms with E-state index in [1.807, 2.05) is 0 Å². The van der Waals surface area contributed by atoms with Gasteiger partial charge in [0.2, 0.25) is 0 Å². The van der Waals surface area contributed by atoms with Crippen molar-refractivity contribution in [2.45, 2.75) is 91.1 Å². The summed E-state index contributed by atoms with van der Waals surface area (Å²) in [7, 11) is 1.76. The molecule has 0 spiro atoms. The molecule has 164 valence electrons. The third kappa shape index (κ3) is 4.74. The van der Waals surface area contributed by atoms with E-state index in [0.29, 0.717) is 5.41 Å². The van der Waals surface area contributed by atoms with Gasteiger partial charge < -0.3 is 9.84 Å². The summed E-state index contributed by atoms with van der Waals surface area (Å²) in [5, 5.41) is 9.75. The molecule has 0 aromatic rings. The van der Waals surface area contributed by atoms with Crippen LogP contribution in [0.1, 0.15) is 85.0 Å². The van der Waals surface area contributed by atoms with Crippen molar-refractivity contribution in [1.29, 1.82) is 0 Å². The Hall–Kier alpha value is -0.860. The van der Waals surface area contributed by atoms with Gasteiger partial charge in [0.15, 0.2) is 0 Å². The average molecular weight is 401 g/mol. The number of ether oxygens (including phenoxy) is 1. The van der Waals surface area contributed by atoms with Crippen molar-refractivity contribution in [3.05, 3.63) is 35.5 Å². The van der Waals surface area contributed by atoms with Crippen LogP contribution < -0.4 is 0 Å². The second kappa shape index (κ2) is 9.96. The molecule has 3 aliphatic carbocycles. The van der Waals surface area contributed by atoms with Crippen molar-refractivity contribution in [3.63, 3.8) is 0 Å². The minimum atomic E-state index is 0.0532. The van der Waals surface area contributed by atoms with E-state index in [-0.39, 0.29) is 18.6 Å². The van der Waals surface area contributed by atoms with Crippen LogP contribution in [-0.2, 0) is 4.74 Å². The van der Waals surface area contributed by atoms with Gasteiger partial charge in [-0.05, 0) is 73.7 Å².